The van der Waals surface area contributed by atoms with Gasteiger partial charge in [0, 0.05) is 12.2 Å². The van der Waals surface area contributed by atoms with Gasteiger partial charge in [0.2, 0.25) is 0 Å². The van der Waals surface area contributed by atoms with Crippen molar-refractivity contribution in [3.8, 4) is 6.07 Å². The van der Waals surface area contributed by atoms with Gasteiger partial charge >= 0.3 is 12.0 Å². The van der Waals surface area contributed by atoms with E-state index in [0.29, 0.717) is 17.8 Å². The molecule has 0 saturated carbocycles. The minimum atomic E-state index is -0.475. The second-order valence-electron chi connectivity index (χ2n) is 3.71. The maximum Gasteiger partial charge on any atom is 0.325 e. The number of ether oxygens (including phenoxy) is 1. The molecule has 0 aliphatic heterocycles. The van der Waals surface area contributed by atoms with Gasteiger partial charge < -0.3 is 15.0 Å². The van der Waals surface area contributed by atoms with Gasteiger partial charge in [0.15, 0.2) is 0 Å². The molecule has 0 spiro atoms. The lowest BCUT2D eigenvalue weighted by atomic mass is 10.2. The van der Waals surface area contributed by atoms with E-state index in [-0.39, 0.29) is 6.54 Å². The van der Waals surface area contributed by atoms with Gasteiger partial charge in [0.05, 0.1) is 18.7 Å². The maximum absolute atomic E-state index is 11.9. The number of esters is 1. The summed E-state index contributed by atoms with van der Waals surface area (Å²) in [6.45, 7) is 2.05. The van der Waals surface area contributed by atoms with Crippen LogP contribution in [0.2, 0.25) is 0 Å². The average molecular weight is 261 g/mol. The summed E-state index contributed by atoms with van der Waals surface area (Å²) in [6, 6.07) is 8.06. The number of nitriles is 1. The third-order valence-electron chi connectivity index (χ3n) is 2.48. The van der Waals surface area contributed by atoms with Crippen molar-refractivity contribution in [1.29, 1.82) is 5.26 Å². The number of benzene rings is 1. The van der Waals surface area contributed by atoms with E-state index in [4.69, 9.17) is 5.26 Å². The lowest BCUT2D eigenvalue weighted by Crippen LogP contribution is -2.38. The summed E-state index contributed by atoms with van der Waals surface area (Å²) in [4.78, 5) is 24.4. The third kappa shape index (κ3) is 4.32. The Morgan fingerprint density at radius 2 is 2.00 bits per heavy atom. The lowest BCUT2D eigenvalue weighted by molar-refractivity contribution is -0.141. The Labute approximate surface area is 111 Å². The summed E-state index contributed by atoms with van der Waals surface area (Å²) in [7, 11) is 1.27. The van der Waals surface area contributed by atoms with Crippen LogP contribution < -0.4 is 5.32 Å². The Balaban J connectivity index is 2.66. The first kappa shape index (κ1) is 14.5. The fourth-order valence-corrected chi connectivity index (χ4v) is 1.38. The first-order valence-corrected chi connectivity index (χ1v) is 5.73. The van der Waals surface area contributed by atoms with Gasteiger partial charge in [-0.25, -0.2) is 4.79 Å². The molecule has 1 aromatic rings. The lowest BCUT2D eigenvalue weighted by Gasteiger charge is -2.19. The van der Waals surface area contributed by atoms with Crippen molar-refractivity contribution in [3.05, 3.63) is 29.8 Å². The summed E-state index contributed by atoms with van der Waals surface area (Å²) in [5, 5.41) is 11.3. The van der Waals surface area contributed by atoms with Crippen LogP contribution in [-0.2, 0) is 9.53 Å². The van der Waals surface area contributed by atoms with Crippen molar-refractivity contribution in [2.24, 2.45) is 0 Å². The number of likely N-dealkylation sites (N-methyl/N-ethyl adjacent to an activating group) is 1. The zero-order valence-electron chi connectivity index (χ0n) is 10.8. The molecule has 2 amide bonds. The first-order chi connectivity index (χ1) is 9.10. The minimum Gasteiger partial charge on any atom is -0.468 e. The summed E-state index contributed by atoms with van der Waals surface area (Å²) >= 11 is 0. The van der Waals surface area contributed by atoms with E-state index in [9.17, 15) is 9.59 Å². The highest BCUT2D eigenvalue weighted by Gasteiger charge is 2.15. The number of hydrogen-bond acceptors (Lipinski definition) is 4. The Hall–Kier alpha value is -2.55. The Morgan fingerprint density at radius 1 is 1.37 bits per heavy atom. The zero-order chi connectivity index (χ0) is 14.3. The van der Waals surface area contributed by atoms with Crippen LogP contribution >= 0.6 is 0 Å². The quantitative estimate of drug-likeness (QED) is 0.834. The van der Waals surface area contributed by atoms with E-state index in [1.165, 1.54) is 12.0 Å². The normalized spacial score (nSPS) is 9.32. The zero-order valence-corrected chi connectivity index (χ0v) is 10.8. The van der Waals surface area contributed by atoms with Crippen LogP contribution in [0.4, 0.5) is 10.5 Å². The smallest absolute Gasteiger partial charge is 0.325 e. The van der Waals surface area contributed by atoms with E-state index < -0.39 is 12.0 Å². The molecular formula is C13H15N3O3. The van der Waals surface area contributed by atoms with E-state index in [2.05, 4.69) is 10.1 Å². The van der Waals surface area contributed by atoms with Crippen LogP contribution in [0.25, 0.3) is 0 Å². The van der Waals surface area contributed by atoms with E-state index >= 15 is 0 Å². The minimum absolute atomic E-state index is 0.102. The fraction of sp³-hybridized carbons (Fsp3) is 0.308. The highest BCUT2D eigenvalue weighted by atomic mass is 16.5. The number of methoxy groups -OCH3 is 1. The number of carbonyl (C=O) groups is 2. The maximum atomic E-state index is 11.9. The summed E-state index contributed by atoms with van der Waals surface area (Å²) in [6.07, 6.45) is 0. The molecule has 0 fully saturated rings. The molecular weight excluding hydrogens is 246 g/mol. The average Bonchev–Trinajstić information content (AvgIpc) is 2.45. The predicted octanol–water partition coefficient (Wildman–Crippen LogP) is 1.59. The Kier molecular flexibility index (Phi) is 5.35. The number of hydrogen-bond donors (Lipinski definition) is 1. The van der Waals surface area contributed by atoms with Crippen molar-refractivity contribution in [3.63, 3.8) is 0 Å². The largest absolute Gasteiger partial charge is 0.468 e. The molecule has 0 aliphatic carbocycles. The van der Waals surface area contributed by atoms with Crippen molar-refractivity contribution in [2.75, 3.05) is 25.5 Å². The monoisotopic (exact) mass is 261 g/mol. The number of carbonyl (C=O) groups excluding carboxylic acids is 2. The van der Waals surface area contributed by atoms with E-state index in [1.54, 1.807) is 31.2 Å². The van der Waals surface area contributed by atoms with Gasteiger partial charge in [-0.3, -0.25) is 4.79 Å². The van der Waals surface area contributed by atoms with Gasteiger partial charge in [0.25, 0.3) is 0 Å². The molecule has 0 aromatic heterocycles. The third-order valence-corrected chi connectivity index (χ3v) is 2.48. The molecule has 0 radical (unpaired) electrons. The SMILES string of the molecule is CCN(CC(=O)OC)C(=O)Nc1ccc(C#N)cc1. The van der Waals surface area contributed by atoms with Gasteiger partial charge in [-0.2, -0.15) is 5.26 Å². The van der Waals surface area contributed by atoms with Gasteiger partial charge in [0.1, 0.15) is 6.54 Å². The van der Waals surface area contributed by atoms with Crippen LogP contribution in [0.3, 0.4) is 0 Å². The van der Waals surface area contributed by atoms with Crippen molar-refractivity contribution in [2.45, 2.75) is 6.92 Å². The van der Waals surface area contributed by atoms with Gasteiger partial charge in [-0.15, -0.1) is 0 Å². The second-order valence-corrected chi connectivity index (χ2v) is 3.71. The molecule has 100 valence electrons. The van der Waals surface area contributed by atoms with Crippen LogP contribution in [0.5, 0.6) is 0 Å². The Bertz CT molecular complexity index is 491. The number of amides is 2. The molecule has 0 bridgehead atoms. The number of rotatable bonds is 4. The van der Waals surface area contributed by atoms with Crippen LogP contribution in [0.1, 0.15) is 12.5 Å². The van der Waals surface area contributed by atoms with Crippen molar-refractivity contribution < 1.29 is 14.3 Å². The number of nitrogens with zero attached hydrogens (tertiary/aromatic N) is 2. The van der Waals surface area contributed by atoms with Crippen LogP contribution in [-0.4, -0.2) is 37.1 Å². The Morgan fingerprint density at radius 3 is 2.47 bits per heavy atom. The van der Waals surface area contributed by atoms with E-state index in [0.717, 1.165) is 0 Å². The topological polar surface area (TPSA) is 82.4 Å². The standard InChI is InChI=1S/C13H15N3O3/c1-3-16(9-12(17)19-2)13(18)15-11-6-4-10(8-14)5-7-11/h4-7H,3,9H2,1-2H3,(H,15,18). The molecule has 0 atom stereocenters. The highest BCUT2D eigenvalue weighted by Crippen LogP contribution is 2.09. The molecule has 1 N–H and O–H groups in total. The number of anilines is 1. The van der Waals surface area contributed by atoms with Crippen molar-refractivity contribution in [1.82, 2.24) is 4.90 Å². The molecule has 1 rings (SSSR count). The molecule has 19 heavy (non-hydrogen) atoms. The molecule has 1 aromatic carbocycles. The van der Waals surface area contributed by atoms with Gasteiger partial charge in [-0.1, -0.05) is 0 Å². The first-order valence-electron chi connectivity index (χ1n) is 5.73. The number of urea groups is 1. The summed E-state index contributed by atoms with van der Waals surface area (Å²) in [5.74, 6) is -0.475. The molecule has 6 heteroatoms. The summed E-state index contributed by atoms with van der Waals surface area (Å²) in [5.41, 5.74) is 1.08. The molecule has 0 aliphatic rings. The van der Waals surface area contributed by atoms with Gasteiger partial charge in [-0.05, 0) is 31.2 Å². The fourth-order valence-electron chi connectivity index (χ4n) is 1.38. The van der Waals surface area contributed by atoms with E-state index in [1.807, 2.05) is 6.07 Å². The van der Waals surface area contributed by atoms with Crippen LogP contribution in [0, 0.1) is 11.3 Å². The van der Waals surface area contributed by atoms with Crippen molar-refractivity contribution >= 4 is 17.7 Å². The second kappa shape index (κ2) is 7.01. The van der Waals surface area contributed by atoms with Crippen LogP contribution in [0.15, 0.2) is 24.3 Å². The highest BCUT2D eigenvalue weighted by molar-refractivity contribution is 5.91. The number of nitrogens with one attached hydrogen (secondary N) is 1. The molecule has 0 unspecified atom stereocenters. The molecule has 6 nitrogen and oxygen atoms in total. The predicted molar refractivity (Wildman–Crippen MR) is 69.4 cm³/mol. The summed E-state index contributed by atoms with van der Waals surface area (Å²) < 4.78 is 4.52. The molecule has 0 heterocycles. The molecule has 0 saturated heterocycles.